The van der Waals surface area contributed by atoms with Gasteiger partial charge in [0, 0.05) is 10.4 Å². The van der Waals surface area contributed by atoms with Crippen molar-refractivity contribution in [2.24, 2.45) is 0 Å². The Morgan fingerprint density at radius 3 is 2.50 bits per heavy atom. The monoisotopic (exact) mass is 206 g/mol. The highest BCUT2D eigenvalue weighted by atomic mass is 35.5. The lowest BCUT2D eigenvalue weighted by atomic mass is 9.79. The molecule has 0 aliphatic rings. The maximum Gasteiger partial charge on any atom is 0.488 e. The summed E-state index contributed by atoms with van der Waals surface area (Å²) in [5, 5.41) is 20.4. The smallest absolute Gasteiger partial charge is 0.423 e. The van der Waals surface area contributed by atoms with Crippen LogP contribution in [0.3, 0.4) is 0 Å². The van der Waals surface area contributed by atoms with E-state index >= 15 is 0 Å². The number of fused-ring (bicyclic) bond motifs is 1. The fourth-order valence-corrected chi connectivity index (χ4v) is 1.73. The second kappa shape index (κ2) is 3.61. The first kappa shape index (κ1) is 9.53. The lowest BCUT2D eigenvalue weighted by Crippen LogP contribution is -2.29. The molecule has 14 heavy (non-hydrogen) atoms. The molecule has 0 amide bonds. The first-order valence-corrected chi connectivity index (χ1v) is 4.60. The van der Waals surface area contributed by atoms with Crippen LogP contribution in [-0.2, 0) is 0 Å². The molecular weight excluding hydrogens is 198 g/mol. The van der Waals surface area contributed by atoms with Gasteiger partial charge in [-0.2, -0.15) is 0 Å². The minimum absolute atomic E-state index is 0.411. The van der Waals surface area contributed by atoms with Crippen molar-refractivity contribution in [3.8, 4) is 0 Å². The van der Waals surface area contributed by atoms with Crippen molar-refractivity contribution in [1.82, 2.24) is 0 Å². The molecule has 2 aromatic rings. The summed E-state index contributed by atoms with van der Waals surface area (Å²) in [6.45, 7) is 0. The molecule has 0 fully saturated rings. The van der Waals surface area contributed by atoms with Crippen LogP contribution in [0.2, 0.25) is 5.02 Å². The summed E-state index contributed by atoms with van der Waals surface area (Å²) < 4.78 is 0. The molecule has 0 spiro atoms. The van der Waals surface area contributed by atoms with Crippen LogP contribution in [0.15, 0.2) is 36.4 Å². The van der Waals surface area contributed by atoms with E-state index < -0.39 is 7.12 Å². The number of halogens is 1. The zero-order chi connectivity index (χ0) is 10.1. The van der Waals surface area contributed by atoms with Gasteiger partial charge in [-0.15, -0.1) is 0 Å². The van der Waals surface area contributed by atoms with E-state index in [4.69, 9.17) is 21.6 Å². The molecule has 0 saturated carbocycles. The van der Waals surface area contributed by atoms with E-state index in [0.29, 0.717) is 10.5 Å². The average Bonchev–Trinajstić information content (AvgIpc) is 2.17. The van der Waals surface area contributed by atoms with Crippen molar-refractivity contribution < 1.29 is 10.0 Å². The molecule has 4 heteroatoms. The maximum absolute atomic E-state index is 9.00. The van der Waals surface area contributed by atoms with Crippen molar-refractivity contribution >= 4 is 35.0 Å². The van der Waals surface area contributed by atoms with Crippen molar-refractivity contribution in [3.63, 3.8) is 0 Å². The number of rotatable bonds is 1. The Morgan fingerprint density at radius 1 is 1.07 bits per heavy atom. The van der Waals surface area contributed by atoms with Gasteiger partial charge >= 0.3 is 7.12 Å². The fourth-order valence-electron chi connectivity index (χ4n) is 1.43. The Morgan fingerprint density at radius 2 is 1.79 bits per heavy atom. The van der Waals surface area contributed by atoms with Gasteiger partial charge < -0.3 is 10.0 Å². The minimum Gasteiger partial charge on any atom is -0.423 e. The molecule has 0 heterocycles. The average molecular weight is 206 g/mol. The number of hydrogen-bond donors (Lipinski definition) is 2. The molecule has 0 unspecified atom stereocenters. The van der Waals surface area contributed by atoms with Crippen molar-refractivity contribution in [2.75, 3.05) is 0 Å². The largest absolute Gasteiger partial charge is 0.488 e. The van der Waals surface area contributed by atoms with Crippen LogP contribution < -0.4 is 5.46 Å². The van der Waals surface area contributed by atoms with Crippen LogP contribution in [0.5, 0.6) is 0 Å². The van der Waals surface area contributed by atoms with E-state index in [1.54, 1.807) is 12.1 Å². The quantitative estimate of drug-likeness (QED) is 0.688. The summed E-state index contributed by atoms with van der Waals surface area (Å²) in [4.78, 5) is 0. The molecule has 0 aromatic heterocycles. The van der Waals surface area contributed by atoms with Crippen LogP contribution in [0.1, 0.15) is 0 Å². The van der Waals surface area contributed by atoms with Crippen LogP contribution in [0.25, 0.3) is 10.8 Å². The topological polar surface area (TPSA) is 40.5 Å². The van der Waals surface area contributed by atoms with Gasteiger partial charge in [-0.1, -0.05) is 41.9 Å². The van der Waals surface area contributed by atoms with Gasteiger partial charge in [0.1, 0.15) is 0 Å². The molecule has 0 aliphatic heterocycles. The molecule has 2 nitrogen and oxygen atoms in total. The Hall–Kier alpha value is -1.03. The highest BCUT2D eigenvalue weighted by Gasteiger charge is 2.12. The Labute approximate surface area is 86.9 Å². The van der Waals surface area contributed by atoms with Gasteiger partial charge in [-0.05, 0) is 16.9 Å². The zero-order valence-corrected chi connectivity index (χ0v) is 8.07. The van der Waals surface area contributed by atoms with Gasteiger partial charge in [0.15, 0.2) is 0 Å². The lowest BCUT2D eigenvalue weighted by molar-refractivity contribution is 0.426. The Balaban J connectivity index is 2.72. The van der Waals surface area contributed by atoms with Crippen LogP contribution >= 0.6 is 11.6 Å². The highest BCUT2D eigenvalue weighted by molar-refractivity contribution is 6.59. The predicted octanol–water partition coefficient (Wildman–Crippen LogP) is 1.17. The molecular formula is C10H8BClO2. The first-order chi connectivity index (χ1) is 6.68. The van der Waals surface area contributed by atoms with Gasteiger partial charge in [0.05, 0.1) is 0 Å². The molecule has 0 saturated heterocycles. The molecule has 70 valence electrons. The standard InChI is InChI=1S/C10H8BClO2/c12-10-6-8(11(13)14)5-7-3-1-2-4-9(7)10/h1-6,13-14H. The Bertz CT molecular complexity index is 471. The summed E-state index contributed by atoms with van der Waals surface area (Å²) in [6.07, 6.45) is 0. The summed E-state index contributed by atoms with van der Waals surface area (Å²) in [5.74, 6) is 0. The van der Waals surface area contributed by atoms with E-state index in [2.05, 4.69) is 0 Å². The molecule has 0 bridgehead atoms. The van der Waals surface area contributed by atoms with Crippen molar-refractivity contribution in [3.05, 3.63) is 41.4 Å². The van der Waals surface area contributed by atoms with Crippen LogP contribution in [0, 0.1) is 0 Å². The second-order valence-corrected chi connectivity index (χ2v) is 3.50. The third kappa shape index (κ3) is 1.62. The van der Waals surface area contributed by atoms with Crippen LogP contribution in [-0.4, -0.2) is 17.2 Å². The van der Waals surface area contributed by atoms with Gasteiger partial charge in [0.25, 0.3) is 0 Å². The zero-order valence-electron chi connectivity index (χ0n) is 7.31. The summed E-state index contributed by atoms with van der Waals surface area (Å²) in [5.41, 5.74) is 0.411. The third-order valence-corrected chi connectivity index (χ3v) is 2.44. The third-order valence-electron chi connectivity index (χ3n) is 2.13. The SMILES string of the molecule is OB(O)c1cc(Cl)c2ccccc2c1. The highest BCUT2D eigenvalue weighted by Crippen LogP contribution is 2.21. The van der Waals surface area contributed by atoms with E-state index in [9.17, 15) is 0 Å². The van der Waals surface area contributed by atoms with E-state index in [1.807, 2.05) is 24.3 Å². The normalized spacial score (nSPS) is 10.5. The lowest BCUT2D eigenvalue weighted by Gasteiger charge is -2.04. The van der Waals surface area contributed by atoms with Gasteiger partial charge in [-0.25, -0.2) is 0 Å². The first-order valence-electron chi connectivity index (χ1n) is 4.23. The molecule has 0 radical (unpaired) electrons. The van der Waals surface area contributed by atoms with E-state index in [0.717, 1.165) is 10.8 Å². The van der Waals surface area contributed by atoms with Crippen LogP contribution in [0.4, 0.5) is 0 Å². The summed E-state index contributed by atoms with van der Waals surface area (Å²) in [7, 11) is -1.47. The maximum atomic E-state index is 9.00. The number of benzene rings is 2. The Kier molecular flexibility index (Phi) is 2.46. The molecule has 2 N–H and O–H groups in total. The fraction of sp³-hybridized carbons (Fsp3) is 0. The summed E-state index contributed by atoms with van der Waals surface area (Å²) in [6, 6.07) is 10.8. The number of hydrogen-bond acceptors (Lipinski definition) is 2. The molecule has 0 aliphatic carbocycles. The molecule has 2 rings (SSSR count). The second-order valence-electron chi connectivity index (χ2n) is 3.10. The molecule has 2 aromatic carbocycles. The van der Waals surface area contributed by atoms with Crippen molar-refractivity contribution in [1.29, 1.82) is 0 Å². The van der Waals surface area contributed by atoms with E-state index in [-0.39, 0.29) is 0 Å². The van der Waals surface area contributed by atoms with Crippen molar-refractivity contribution in [2.45, 2.75) is 0 Å². The molecule has 0 atom stereocenters. The summed E-state index contributed by atoms with van der Waals surface area (Å²) >= 11 is 5.98. The van der Waals surface area contributed by atoms with E-state index in [1.165, 1.54) is 0 Å². The van der Waals surface area contributed by atoms with Gasteiger partial charge in [-0.3, -0.25) is 0 Å². The van der Waals surface area contributed by atoms with Gasteiger partial charge in [0.2, 0.25) is 0 Å². The predicted molar refractivity (Wildman–Crippen MR) is 58.8 cm³/mol. The minimum atomic E-state index is -1.47.